The first-order chi connectivity index (χ1) is 31.0. The maximum Gasteiger partial charge on any atom is 0.317 e. The number of carboxylic acids is 2. The van der Waals surface area contributed by atoms with Crippen LogP contribution in [0.1, 0.15) is 86.0 Å². The Morgan fingerprint density at radius 2 is 1.09 bits per heavy atom. The highest BCUT2D eigenvalue weighted by Gasteiger charge is 2.52. The van der Waals surface area contributed by atoms with Gasteiger partial charge in [-0.25, -0.2) is 0 Å². The van der Waals surface area contributed by atoms with Gasteiger partial charge in [-0.2, -0.15) is 0 Å². The number of aliphatic carboxylic acids is 2. The third-order valence-electron chi connectivity index (χ3n) is 11.3. The third-order valence-corrected chi connectivity index (χ3v) is 11.3. The van der Waals surface area contributed by atoms with Crippen molar-refractivity contribution in [1.82, 2.24) is 0 Å². The maximum atomic E-state index is 12.1. The summed E-state index contributed by atoms with van der Waals surface area (Å²) in [6.07, 6.45) is -13.5. The van der Waals surface area contributed by atoms with Crippen molar-refractivity contribution >= 4 is 23.9 Å². The highest BCUT2D eigenvalue weighted by Crippen LogP contribution is 2.33. The molecule has 0 amide bonds. The summed E-state index contributed by atoms with van der Waals surface area (Å²) in [6.45, 7) is 11.6. The van der Waals surface area contributed by atoms with Crippen LogP contribution in [-0.4, -0.2) is 192 Å². The lowest BCUT2D eigenvalue weighted by Crippen LogP contribution is -2.64. The van der Waals surface area contributed by atoms with Crippen LogP contribution in [0.4, 0.5) is 0 Å². The van der Waals surface area contributed by atoms with Crippen LogP contribution in [-0.2, 0) is 57.1 Å². The predicted octanol–water partition coefficient (Wildman–Crippen LogP) is -0.353. The number of allylic oxidation sites excluding steroid dienone is 5. The first-order valence-corrected chi connectivity index (χ1v) is 21.7. The molecule has 0 aromatic rings. The van der Waals surface area contributed by atoms with Crippen LogP contribution in [0, 0.1) is 0 Å². The predicted molar refractivity (Wildman–Crippen MR) is 226 cm³/mol. The van der Waals surface area contributed by atoms with Gasteiger partial charge < -0.3 is 89.0 Å². The summed E-state index contributed by atoms with van der Waals surface area (Å²) in [6, 6.07) is 0. The molecule has 0 aliphatic carbocycles. The zero-order valence-corrected chi connectivity index (χ0v) is 37.8. The van der Waals surface area contributed by atoms with Gasteiger partial charge in [-0.05, 0) is 73.1 Å². The highest BCUT2D eigenvalue weighted by atomic mass is 16.7. The number of carbonyl (C=O) groups excluding carboxylic acids is 2. The molecule has 0 radical (unpaired) electrons. The van der Waals surface area contributed by atoms with Crippen LogP contribution in [0.5, 0.6) is 0 Å². The minimum atomic E-state index is -1.80. The summed E-state index contributed by atoms with van der Waals surface area (Å²) in [4.78, 5) is 45.4. The standard InChI is InChI=1S/C44H68O22/c1-7-44(6,66-43-39(58)36(55)40(27(64-43)21-60-31(50)18-29(47)48)65-42-38(57)34(53)32(51)25(5)62-42)16-10-15-23(3)12-8-11-22(2)13-9-14-24(4)19-61-41-37(56)35(54)33(52)26(63-41)20-59-30(49)17-28(45)46/h7,11,14-15,25-27,32-43,51-58H,1,8-10,12-13,16-21H2,2-6H3,(H,45,46)(H,47,48)/b22-11+,23-15+,24-14-/t25-,26+,27+,32-,33+,34+,35-,36+,37+,38+,39+,40+,41+,42-,43-,44+/m0/s1. The van der Waals surface area contributed by atoms with E-state index in [9.17, 15) is 60.0 Å². The molecule has 3 heterocycles. The van der Waals surface area contributed by atoms with Gasteiger partial charge >= 0.3 is 23.9 Å². The van der Waals surface area contributed by atoms with Crippen LogP contribution in [0.15, 0.2) is 47.6 Å². The lowest BCUT2D eigenvalue weighted by Gasteiger charge is -2.47. The van der Waals surface area contributed by atoms with Gasteiger partial charge in [0, 0.05) is 0 Å². The molecule has 0 aromatic carbocycles. The lowest BCUT2D eigenvalue weighted by atomic mass is 9.95. The molecule has 22 heteroatoms. The van der Waals surface area contributed by atoms with Gasteiger partial charge in [0.2, 0.25) is 0 Å². The van der Waals surface area contributed by atoms with E-state index in [1.807, 2.05) is 32.9 Å². The molecule has 3 saturated heterocycles. The molecular formula is C44H68O22. The van der Waals surface area contributed by atoms with E-state index in [0.29, 0.717) is 19.3 Å². The summed E-state index contributed by atoms with van der Waals surface area (Å²) in [7, 11) is 0. The van der Waals surface area contributed by atoms with E-state index in [2.05, 4.69) is 12.7 Å². The van der Waals surface area contributed by atoms with Crippen molar-refractivity contribution in [3.05, 3.63) is 47.6 Å². The second-order valence-electron chi connectivity index (χ2n) is 17.0. The van der Waals surface area contributed by atoms with E-state index in [1.54, 1.807) is 6.92 Å². The molecule has 0 saturated carbocycles. The van der Waals surface area contributed by atoms with E-state index in [4.69, 9.17) is 48.1 Å². The Labute approximate surface area is 382 Å². The molecule has 0 bridgehead atoms. The number of ether oxygens (including phenoxy) is 8. The fraction of sp³-hybridized carbons (Fsp3) is 0.727. The summed E-state index contributed by atoms with van der Waals surface area (Å²) in [5, 5.41) is 102. The molecule has 0 aromatic heterocycles. The Hall–Kier alpha value is -3.72. The molecule has 3 aliphatic heterocycles. The van der Waals surface area contributed by atoms with Crippen molar-refractivity contribution in [1.29, 1.82) is 0 Å². The van der Waals surface area contributed by atoms with Crippen molar-refractivity contribution < 1.29 is 108 Å². The molecule has 0 spiro atoms. The Kier molecular flexibility index (Phi) is 22.9. The van der Waals surface area contributed by atoms with E-state index >= 15 is 0 Å². The number of carboxylic acid groups (broad SMARTS) is 2. The topological polar surface area (TPSA) is 344 Å². The van der Waals surface area contributed by atoms with E-state index in [1.165, 1.54) is 13.0 Å². The van der Waals surface area contributed by atoms with Gasteiger partial charge in [-0.15, -0.1) is 6.58 Å². The maximum absolute atomic E-state index is 12.1. The van der Waals surface area contributed by atoms with Crippen molar-refractivity contribution in [3.63, 3.8) is 0 Å². The summed E-state index contributed by atoms with van der Waals surface area (Å²) >= 11 is 0. The van der Waals surface area contributed by atoms with Gasteiger partial charge in [-0.3, -0.25) is 19.2 Å². The minimum Gasteiger partial charge on any atom is -0.481 e. The molecule has 66 heavy (non-hydrogen) atoms. The third kappa shape index (κ3) is 17.4. The first-order valence-electron chi connectivity index (χ1n) is 21.7. The van der Waals surface area contributed by atoms with Crippen molar-refractivity contribution in [2.45, 2.75) is 184 Å². The largest absolute Gasteiger partial charge is 0.481 e. The van der Waals surface area contributed by atoms with Crippen molar-refractivity contribution in [2.75, 3.05) is 19.8 Å². The van der Waals surface area contributed by atoms with Crippen LogP contribution < -0.4 is 0 Å². The van der Waals surface area contributed by atoms with Crippen LogP contribution >= 0.6 is 0 Å². The average molecular weight is 949 g/mol. The minimum absolute atomic E-state index is 0.0269. The quantitative estimate of drug-likeness (QED) is 0.0317. The summed E-state index contributed by atoms with van der Waals surface area (Å²) in [5.74, 6) is -5.03. The van der Waals surface area contributed by atoms with E-state index in [-0.39, 0.29) is 6.61 Å². The summed E-state index contributed by atoms with van der Waals surface area (Å²) in [5.41, 5.74) is 1.92. The van der Waals surface area contributed by atoms with Crippen molar-refractivity contribution in [2.24, 2.45) is 0 Å². The fourth-order valence-electron chi connectivity index (χ4n) is 7.13. The smallest absolute Gasteiger partial charge is 0.317 e. The Balaban J connectivity index is 1.50. The Morgan fingerprint density at radius 3 is 1.65 bits per heavy atom. The SMILES string of the molecule is C=C[C@](C)(CC/C=C(\C)CC/C=C(\C)CC/C=C(/C)CO[C@@H]1O[C@H](COC(=O)CC(=O)O)[C@@H](O)[C@H](O)[C@H]1O)O[C@@H]1O[C@H](COC(=O)CC(=O)O)[C@@H](O[C@@H]2O[C@@H](C)[C@H](O)[C@@H](O)[C@H]2O)[C@H](O)[C@H]1O. The number of carbonyl (C=O) groups is 4. The molecule has 0 unspecified atom stereocenters. The molecule has 10 N–H and O–H groups in total. The van der Waals surface area contributed by atoms with Gasteiger partial charge in [0.1, 0.15) is 93.2 Å². The lowest BCUT2D eigenvalue weighted by molar-refractivity contribution is -0.363. The number of hydrogen-bond donors (Lipinski definition) is 10. The second-order valence-corrected chi connectivity index (χ2v) is 17.0. The monoisotopic (exact) mass is 948 g/mol. The number of aliphatic hydroxyl groups is 8. The Bertz CT molecular complexity index is 1700. The van der Waals surface area contributed by atoms with Gasteiger partial charge in [0.25, 0.3) is 0 Å². The number of esters is 2. The Morgan fingerprint density at radius 1 is 0.606 bits per heavy atom. The van der Waals surface area contributed by atoms with Crippen LogP contribution in [0.25, 0.3) is 0 Å². The zero-order chi connectivity index (χ0) is 49.5. The first kappa shape index (κ1) is 56.6. The molecular weight excluding hydrogens is 880 g/mol. The molecule has 3 aliphatic rings. The van der Waals surface area contributed by atoms with E-state index < -0.39 is 148 Å². The van der Waals surface area contributed by atoms with Crippen LogP contribution in [0.3, 0.4) is 0 Å². The number of aliphatic hydroxyl groups excluding tert-OH is 8. The normalized spacial score (nSPS) is 34.3. The molecule has 16 atom stereocenters. The van der Waals surface area contributed by atoms with Gasteiger partial charge in [0.05, 0.1) is 18.3 Å². The highest BCUT2D eigenvalue weighted by molar-refractivity contribution is 5.90. The zero-order valence-electron chi connectivity index (χ0n) is 37.8. The van der Waals surface area contributed by atoms with Crippen molar-refractivity contribution in [3.8, 4) is 0 Å². The van der Waals surface area contributed by atoms with Gasteiger partial charge in [0.15, 0.2) is 18.9 Å². The fourth-order valence-corrected chi connectivity index (χ4v) is 7.13. The van der Waals surface area contributed by atoms with E-state index in [0.717, 1.165) is 36.0 Å². The van der Waals surface area contributed by atoms with Crippen LogP contribution in [0.2, 0.25) is 0 Å². The molecule has 376 valence electrons. The molecule has 3 fully saturated rings. The number of hydrogen-bond acceptors (Lipinski definition) is 20. The summed E-state index contributed by atoms with van der Waals surface area (Å²) < 4.78 is 44.3. The molecule has 22 nitrogen and oxygen atoms in total. The second kappa shape index (κ2) is 26.7. The average Bonchev–Trinajstić information content (AvgIpc) is 3.24. The molecule has 3 rings (SSSR count). The number of rotatable bonds is 25. The van der Waals surface area contributed by atoms with Gasteiger partial charge in [-0.1, -0.05) is 41.0 Å².